The zero-order valence-corrected chi connectivity index (χ0v) is 15.2. The minimum atomic E-state index is -0.660. The summed E-state index contributed by atoms with van der Waals surface area (Å²) in [6.07, 6.45) is 2.99. The van der Waals surface area contributed by atoms with Crippen molar-refractivity contribution in [1.29, 1.82) is 0 Å². The summed E-state index contributed by atoms with van der Waals surface area (Å²) in [7, 11) is 2.93. The van der Waals surface area contributed by atoms with Crippen LogP contribution in [0.1, 0.15) is 12.8 Å². The maximum absolute atomic E-state index is 14.1. The summed E-state index contributed by atoms with van der Waals surface area (Å²) in [4.78, 5) is 15.1. The topological polar surface area (TPSA) is 86.5 Å². The molecule has 0 spiro atoms. The number of hydrogen-bond donors (Lipinski definition) is 1. The van der Waals surface area contributed by atoms with Gasteiger partial charge in [0.25, 0.3) is 0 Å². The van der Waals surface area contributed by atoms with Gasteiger partial charge in [0.15, 0.2) is 11.6 Å². The van der Waals surface area contributed by atoms with E-state index in [4.69, 9.17) is 21.1 Å². The molecular weight excluding hydrogens is 365 g/mol. The summed E-state index contributed by atoms with van der Waals surface area (Å²) in [5, 5.41) is 14.7. The number of benzene rings is 1. The number of aromatic nitrogens is 1. The smallest absolute Gasteiger partial charge is 0.319 e. The van der Waals surface area contributed by atoms with Gasteiger partial charge in [-0.1, -0.05) is 11.6 Å². The van der Waals surface area contributed by atoms with Crippen LogP contribution < -0.4 is 10.1 Å². The molecular formula is C17H19ClFN3O4. The standard InChI is InChI=1S/C17H19ClFN3O4/c1-25-8-4-3-6-20-17-16(22(23)24)11(5-7-21-17)12-9-14(19)15(26-2)10-13(12)18/h5,7,9-10H,3-4,6,8H2,1-2H3,(H,20,21). The van der Waals surface area contributed by atoms with Gasteiger partial charge < -0.3 is 14.8 Å². The summed E-state index contributed by atoms with van der Waals surface area (Å²) < 4.78 is 23.9. The van der Waals surface area contributed by atoms with Gasteiger partial charge in [0.2, 0.25) is 5.82 Å². The van der Waals surface area contributed by atoms with E-state index < -0.39 is 10.7 Å². The molecule has 0 atom stereocenters. The minimum absolute atomic E-state index is 0.0352. The first-order chi connectivity index (χ1) is 12.5. The zero-order valence-electron chi connectivity index (χ0n) is 14.4. The molecule has 0 aliphatic heterocycles. The molecule has 140 valence electrons. The highest BCUT2D eigenvalue weighted by molar-refractivity contribution is 6.33. The first kappa shape index (κ1) is 19.9. The number of nitro groups is 1. The third kappa shape index (κ3) is 4.59. The van der Waals surface area contributed by atoms with E-state index in [-0.39, 0.29) is 33.4 Å². The van der Waals surface area contributed by atoms with Crippen molar-refractivity contribution >= 4 is 23.1 Å². The van der Waals surface area contributed by atoms with Gasteiger partial charge in [-0.05, 0) is 25.0 Å². The average Bonchev–Trinajstić information content (AvgIpc) is 2.62. The van der Waals surface area contributed by atoms with Gasteiger partial charge in [0.1, 0.15) is 0 Å². The molecule has 2 rings (SSSR count). The molecule has 2 aromatic rings. The molecule has 0 fully saturated rings. The molecule has 1 aromatic heterocycles. The van der Waals surface area contributed by atoms with Crippen LogP contribution >= 0.6 is 11.6 Å². The summed E-state index contributed by atoms with van der Waals surface area (Å²) in [5.74, 6) is -0.587. The monoisotopic (exact) mass is 383 g/mol. The van der Waals surface area contributed by atoms with E-state index in [0.29, 0.717) is 13.2 Å². The van der Waals surface area contributed by atoms with Crippen LogP contribution in [0.2, 0.25) is 5.02 Å². The van der Waals surface area contributed by atoms with E-state index >= 15 is 0 Å². The molecule has 26 heavy (non-hydrogen) atoms. The van der Waals surface area contributed by atoms with Gasteiger partial charge in [-0.2, -0.15) is 0 Å². The number of halogens is 2. The van der Waals surface area contributed by atoms with Crippen molar-refractivity contribution in [3.63, 3.8) is 0 Å². The molecule has 9 heteroatoms. The minimum Gasteiger partial charge on any atom is -0.494 e. The first-order valence-electron chi connectivity index (χ1n) is 7.89. The molecule has 1 aromatic carbocycles. The maximum atomic E-state index is 14.1. The Labute approximate surface area is 155 Å². The van der Waals surface area contributed by atoms with Crippen molar-refractivity contribution in [2.75, 3.05) is 32.7 Å². The second kappa shape index (κ2) is 9.30. The average molecular weight is 384 g/mol. The highest BCUT2D eigenvalue weighted by Gasteiger charge is 2.24. The molecule has 0 unspecified atom stereocenters. The van der Waals surface area contributed by atoms with E-state index in [9.17, 15) is 14.5 Å². The third-order valence-electron chi connectivity index (χ3n) is 3.71. The second-order valence-electron chi connectivity index (χ2n) is 5.41. The van der Waals surface area contributed by atoms with Crippen LogP contribution in [0.4, 0.5) is 15.9 Å². The molecule has 7 nitrogen and oxygen atoms in total. The molecule has 1 N–H and O–H groups in total. The van der Waals surface area contributed by atoms with Crippen molar-refractivity contribution < 1.29 is 18.8 Å². The number of anilines is 1. The molecule has 0 amide bonds. The van der Waals surface area contributed by atoms with Crippen LogP contribution in [0.25, 0.3) is 11.1 Å². The third-order valence-corrected chi connectivity index (χ3v) is 4.02. The summed E-state index contributed by atoms with van der Waals surface area (Å²) in [6, 6.07) is 3.83. The van der Waals surface area contributed by atoms with Crippen molar-refractivity contribution in [2.24, 2.45) is 0 Å². The van der Waals surface area contributed by atoms with Gasteiger partial charge in [-0.15, -0.1) is 0 Å². The Kier molecular flexibility index (Phi) is 7.11. The Bertz CT molecular complexity index is 789. The van der Waals surface area contributed by atoms with Crippen LogP contribution in [0.3, 0.4) is 0 Å². The van der Waals surface area contributed by atoms with Crippen molar-refractivity contribution in [3.8, 4) is 16.9 Å². The Morgan fingerprint density at radius 1 is 1.31 bits per heavy atom. The van der Waals surface area contributed by atoms with E-state index in [2.05, 4.69) is 10.3 Å². The lowest BCUT2D eigenvalue weighted by Gasteiger charge is -2.11. The molecule has 1 heterocycles. The predicted octanol–water partition coefficient (Wildman–Crippen LogP) is 4.30. The molecule has 0 saturated heterocycles. The van der Waals surface area contributed by atoms with E-state index in [1.165, 1.54) is 25.4 Å². The number of pyridine rings is 1. The first-order valence-corrected chi connectivity index (χ1v) is 8.27. The van der Waals surface area contributed by atoms with Gasteiger partial charge in [-0.3, -0.25) is 10.1 Å². The van der Waals surface area contributed by atoms with Gasteiger partial charge >= 0.3 is 5.69 Å². The molecule has 0 aliphatic rings. The number of methoxy groups -OCH3 is 2. The normalized spacial score (nSPS) is 10.6. The Morgan fingerprint density at radius 3 is 2.73 bits per heavy atom. The largest absolute Gasteiger partial charge is 0.494 e. The molecule has 0 bridgehead atoms. The SMILES string of the molecule is COCCCCNc1nccc(-c2cc(F)c(OC)cc2Cl)c1[N+](=O)[O-]. The fourth-order valence-electron chi connectivity index (χ4n) is 2.46. The highest BCUT2D eigenvalue weighted by atomic mass is 35.5. The molecule has 0 saturated carbocycles. The van der Waals surface area contributed by atoms with Crippen LogP contribution in [0.5, 0.6) is 5.75 Å². The van der Waals surface area contributed by atoms with E-state index in [1.807, 2.05) is 0 Å². The summed E-state index contributed by atoms with van der Waals surface area (Å²) in [6.45, 7) is 1.10. The lowest BCUT2D eigenvalue weighted by Crippen LogP contribution is -2.08. The van der Waals surface area contributed by atoms with Crippen LogP contribution in [0, 0.1) is 15.9 Å². The lowest BCUT2D eigenvalue weighted by atomic mass is 10.0. The molecule has 0 aliphatic carbocycles. The number of unbranched alkanes of at least 4 members (excludes halogenated alkanes) is 1. The molecule has 0 radical (unpaired) electrons. The quantitative estimate of drug-likeness (QED) is 0.394. The van der Waals surface area contributed by atoms with E-state index in [1.54, 1.807) is 7.11 Å². The van der Waals surface area contributed by atoms with E-state index in [0.717, 1.165) is 18.9 Å². The maximum Gasteiger partial charge on any atom is 0.319 e. The fraction of sp³-hybridized carbons (Fsp3) is 0.353. The van der Waals surface area contributed by atoms with Crippen molar-refractivity contribution in [1.82, 2.24) is 4.98 Å². The number of hydrogen-bond acceptors (Lipinski definition) is 6. The Balaban J connectivity index is 2.39. The summed E-state index contributed by atoms with van der Waals surface area (Å²) >= 11 is 6.18. The van der Waals surface area contributed by atoms with Crippen LogP contribution in [0.15, 0.2) is 24.4 Å². The number of nitrogens with zero attached hydrogens (tertiary/aromatic N) is 2. The zero-order chi connectivity index (χ0) is 19.1. The van der Waals surface area contributed by atoms with Crippen LogP contribution in [-0.2, 0) is 4.74 Å². The van der Waals surface area contributed by atoms with Gasteiger partial charge in [0, 0.05) is 38.1 Å². The lowest BCUT2D eigenvalue weighted by molar-refractivity contribution is -0.383. The van der Waals surface area contributed by atoms with Crippen LogP contribution in [-0.4, -0.2) is 37.3 Å². The Hall–Kier alpha value is -2.45. The number of nitrogens with one attached hydrogen (secondary N) is 1. The van der Waals surface area contributed by atoms with Gasteiger partial charge in [-0.25, -0.2) is 9.37 Å². The van der Waals surface area contributed by atoms with Crippen molar-refractivity contribution in [2.45, 2.75) is 12.8 Å². The number of ether oxygens (including phenoxy) is 2. The number of rotatable bonds is 9. The second-order valence-corrected chi connectivity index (χ2v) is 5.81. The predicted molar refractivity (Wildman–Crippen MR) is 97.4 cm³/mol. The van der Waals surface area contributed by atoms with Gasteiger partial charge in [0.05, 0.1) is 22.6 Å². The summed E-state index contributed by atoms with van der Waals surface area (Å²) in [5.41, 5.74) is 0.114. The fourth-order valence-corrected chi connectivity index (χ4v) is 2.71. The highest BCUT2D eigenvalue weighted by Crippen LogP contribution is 2.40. The Morgan fingerprint density at radius 2 is 2.08 bits per heavy atom. The van der Waals surface area contributed by atoms with Crippen molar-refractivity contribution in [3.05, 3.63) is 45.4 Å².